The van der Waals surface area contributed by atoms with E-state index in [0.29, 0.717) is 0 Å². The first-order chi connectivity index (χ1) is 46.2. The lowest BCUT2D eigenvalue weighted by molar-refractivity contribution is 0.549. The average Bonchev–Trinajstić information content (AvgIpc) is 1.54. The fourth-order valence-corrected chi connectivity index (χ4v) is 13.5. The second-order valence-electron chi connectivity index (χ2n) is 24.5. The third-order valence-electron chi connectivity index (χ3n) is 18.5. The fourth-order valence-electron chi connectivity index (χ4n) is 13.5. The summed E-state index contributed by atoms with van der Waals surface area (Å²) in [4.78, 5) is 32.8. The maximum atomic E-state index is 5.57. The summed E-state index contributed by atoms with van der Waals surface area (Å²) in [6.07, 6.45) is -1.23. The van der Waals surface area contributed by atoms with Gasteiger partial charge in [-0.25, -0.2) is 19.9 Å². The number of benzene rings is 10. The van der Waals surface area contributed by atoms with Crippen LogP contribution in [0, 0.1) is 27.7 Å². The van der Waals surface area contributed by atoms with Crippen LogP contribution in [0.5, 0.6) is 0 Å². The van der Waals surface area contributed by atoms with Crippen LogP contribution in [0.15, 0.2) is 315 Å². The Hall–Kier alpha value is -12.0. The van der Waals surface area contributed by atoms with Crippen molar-refractivity contribution in [2.45, 2.75) is 40.0 Å². The lowest BCUT2D eigenvalue weighted by Crippen LogP contribution is -2.58. The predicted octanol–water partition coefficient (Wildman–Crippen LogP) is 21.8. The van der Waals surface area contributed by atoms with Gasteiger partial charge in [-0.15, -0.1) is 0 Å². The van der Waals surface area contributed by atoms with Crippen LogP contribution in [0.3, 0.4) is 0 Å². The first kappa shape index (κ1) is 57.2. The molecule has 6 heterocycles. The largest absolute Gasteiger partial charge is 0.314 e. The molecule has 0 spiro atoms. The highest BCUT2D eigenvalue weighted by Crippen LogP contribution is 2.58. The lowest BCUT2D eigenvalue weighted by atomic mass is 10.0. The van der Waals surface area contributed by atoms with Crippen molar-refractivity contribution in [3.8, 4) is 90.1 Å². The summed E-state index contributed by atoms with van der Waals surface area (Å²) >= 11 is 0. The summed E-state index contributed by atoms with van der Waals surface area (Å²) in [7, 11) is 0. The van der Waals surface area contributed by atoms with Gasteiger partial charge in [0.05, 0.1) is 68.3 Å². The van der Waals surface area contributed by atoms with Gasteiger partial charge in [0.1, 0.15) is 0 Å². The van der Waals surface area contributed by atoms with Crippen molar-refractivity contribution in [3.05, 3.63) is 338 Å². The average molecular weight is 1210 g/mol. The smallest absolute Gasteiger partial charge is 0.151 e. The minimum atomic E-state index is -0.615. The normalized spacial score (nSPS) is 12.9. The maximum absolute atomic E-state index is 5.57. The van der Waals surface area contributed by atoms with Crippen LogP contribution in [0.4, 0.5) is 45.5 Å². The minimum absolute atomic E-state index is 0.615. The van der Waals surface area contributed by atoms with E-state index in [0.717, 1.165) is 136 Å². The van der Waals surface area contributed by atoms with Crippen molar-refractivity contribution in [2.75, 3.05) is 19.6 Å². The fraction of sp³-hybridized carbons (Fsp3) is 0.0698. The van der Waals surface area contributed by atoms with Gasteiger partial charge in [0.2, 0.25) is 0 Å². The number of aromatic nitrogens is 4. The van der Waals surface area contributed by atoms with Crippen molar-refractivity contribution in [1.82, 2.24) is 19.9 Å². The quantitative estimate of drug-likeness (QED) is 0.113. The molecule has 8 heteroatoms. The van der Waals surface area contributed by atoms with E-state index in [1.54, 1.807) is 0 Å². The third kappa shape index (κ3) is 10.7. The van der Waals surface area contributed by atoms with E-state index in [9.17, 15) is 0 Å². The SMILES string of the molecule is Cc1cc2c(cc1C)N(c1cc(-c3ccccc3)nc(-c3ccccc3)c1)C(C1N(c3cc(-c4ccccc4)nc(-c4ccccc4)c3)c3cc(C)c(C)cc3N1c1cc(-c3ccccc3)nc(-c3ccccc3)c1)N2c1cc(-c2ccccc2)nc(-c2ccccc2)c1. The maximum Gasteiger partial charge on any atom is 0.151 e. The Morgan fingerprint density at radius 1 is 0.191 bits per heavy atom. The van der Waals surface area contributed by atoms with E-state index in [2.05, 4.69) is 363 Å². The summed E-state index contributed by atoms with van der Waals surface area (Å²) < 4.78 is 0. The molecule has 0 N–H and O–H groups in total. The number of anilines is 8. The number of fused-ring (bicyclic) bond motifs is 2. The molecule has 450 valence electrons. The molecule has 0 atom stereocenters. The predicted molar refractivity (Wildman–Crippen MR) is 388 cm³/mol. The monoisotopic (exact) mass is 1210 g/mol. The van der Waals surface area contributed by atoms with Crippen LogP contribution >= 0.6 is 0 Å². The van der Waals surface area contributed by atoms with Crippen molar-refractivity contribution in [3.63, 3.8) is 0 Å². The Kier molecular flexibility index (Phi) is 14.8. The summed E-state index contributed by atoms with van der Waals surface area (Å²) in [5, 5.41) is 0. The van der Waals surface area contributed by atoms with Crippen LogP contribution < -0.4 is 19.6 Å². The first-order valence-electron chi connectivity index (χ1n) is 32.2. The van der Waals surface area contributed by atoms with E-state index in [1.165, 1.54) is 22.3 Å². The summed E-state index contributed by atoms with van der Waals surface area (Å²) in [5.74, 6) is 0. The lowest BCUT2D eigenvalue weighted by Gasteiger charge is -2.45. The van der Waals surface area contributed by atoms with Gasteiger partial charge in [-0.05, 0) is 123 Å². The van der Waals surface area contributed by atoms with Crippen LogP contribution in [-0.2, 0) is 0 Å². The molecule has 0 aliphatic carbocycles. The number of nitrogens with zero attached hydrogens (tertiary/aromatic N) is 8. The Labute approximate surface area is 549 Å². The molecule has 0 radical (unpaired) electrons. The van der Waals surface area contributed by atoms with Crippen molar-refractivity contribution >= 4 is 45.5 Å². The molecule has 2 aliphatic rings. The van der Waals surface area contributed by atoms with E-state index < -0.39 is 12.3 Å². The van der Waals surface area contributed by atoms with E-state index in [1.807, 2.05) is 0 Å². The van der Waals surface area contributed by atoms with Gasteiger partial charge in [0.25, 0.3) is 0 Å². The third-order valence-corrected chi connectivity index (χ3v) is 18.5. The molecule has 0 saturated heterocycles. The highest BCUT2D eigenvalue weighted by atomic mass is 15.5. The Bertz CT molecular complexity index is 4200. The zero-order valence-corrected chi connectivity index (χ0v) is 52.8. The van der Waals surface area contributed by atoms with Crippen molar-refractivity contribution in [1.29, 1.82) is 0 Å². The van der Waals surface area contributed by atoms with Gasteiger partial charge in [-0.2, -0.15) is 0 Å². The van der Waals surface area contributed by atoms with Gasteiger partial charge in [0, 0.05) is 67.3 Å². The Balaban J connectivity index is 1.07. The van der Waals surface area contributed by atoms with Crippen LogP contribution in [0.2, 0.25) is 0 Å². The molecule has 0 amide bonds. The van der Waals surface area contributed by atoms with Gasteiger partial charge >= 0.3 is 0 Å². The van der Waals surface area contributed by atoms with Gasteiger partial charge in [-0.3, -0.25) is 0 Å². The molecule has 8 nitrogen and oxygen atoms in total. The van der Waals surface area contributed by atoms with Crippen molar-refractivity contribution < 1.29 is 0 Å². The number of pyridine rings is 4. The molecular formula is C86H66N8. The minimum Gasteiger partial charge on any atom is -0.314 e. The molecule has 94 heavy (non-hydrogen) atoms. The highest BCUT2D eigenvalue weighted by molar-refractivity contribution is 5.98. The van der Waals surface area contributed by atoms with Gasteiger partial charge < -0.3 is 19.6 Å². The molecule has 4 aromatic heterocycles. The summed E-state index contributed by atoms with van der Waals surface area (Å²) in [5.41, 5.74) is 27.8. The molecule has 0 unspecified atom stereocenters. The highest BCUT2D eigenvalue weighted by Gasteiger charge is 2.53. The van der Waals surface area contributed by atoms with E-state index >= 15 is 0 Å². The molecule has 14 aromatic rings. The summed E-state index contributed by atoms with van der Waals surface area (Å²) in [6.45, 7) is 8.97. The standard InChI is InChI=1S/C86H66N8/c1-57-45-81-82(46-58(57)2)92(70-51-75(63-33-17-7-18-34-63)88-76(52-70)64-35-19-8-20-36-64)85(91(81)69-49-73(61-29-13-5-14-30-61)87-74(50-69)62-31-15-6-16-32-62)86-93(71-53-77(65-37-21-9-22-38-65)89-78(54-71)66-39-23-10-24-40-66)83-47-59(3)60(4)48-84(83)94(86)72-55-79(67-41-25-11-26-42-67)90-80(56-72)68-43-27-12-28-44-68/h5-56,85-86H,1-4H3. The van der Waals surface area contributed by atoms with E-state index in [4.69, 9.17) is 19.9 Å². The zero-order chi connectivity index (χ0) is 63.2. The molecule has 10 aromatic carbocycles. The zero-order valence-electron chi connectivity index (χ0n) is 52.8. The molecule has 2 aliphatic heterocycles. The van der Waals surface area contributed by atoms with Crippen LogP contribution in [-0.4, -0.2) is 32.3 Å². The number of aryl methyl sites for hydroxylation is 4. The van der Waals surface area contributed by atoms with Crippen LogP contribution in [0.1, 0.15) is 22.3 Å². The second-order valence-corrected chi connectivity index (χ2v) is 24.5. The van der Waals surface area contributed by atoms with E-state index in [-0.39, 0.29) is 0 Å². The molecule has 0 bridgehead atoms. The molecular weight excluding hydrogens is 1150 g/mol. The second kappa shape index (κ2) is 24.3. The van der Waals surface area contributed by atoms with Crippen LogP contribution in [0.25, 0.3) is 90.1 Å². The number of hydrogen-bond donors (Lipinski definition) is 0. The first-order valence-corrected chi connectivity index (χ1v) is 32.2. The molecule has 0 saturated carbocycles. The Morgan fingerprint density at radius 2 is 0.330 bits per heavy atom. The topological polar surface area (TPSA) is 64.5 Å². The molecule has 16 rings (SSSR count). The Morgan fingerprint density at radius 3 is 0.468 bits per heavy atom. The molecule has 0 fully saturated rings. The van der Waals surface area contributed by atoms with Gasteiger partial charge in [0.15, 0.2) is 12.3 Å². The number of hydrogen-bond acceptors (Lipinski definition) is 8. The van der Waals surface area contributed by atoms with Gasteiger partial charge in [-0.1, -0.05) is 243 Å². The van der Waals surface area contributed by atoms with Crippen molar-refractivity contribution in [2.24, 2.45) is 0 Å². The number of rotatable bonds is 13. The summed E-state index contributed by atoms with van der Waals surface area (Å²) in [6, 6.07) is 113.